The Labute approximate surface area is 328 Å². The van der Waals surface area contributed by atoms with Gasteiger partial charge in [0.1, 0.15) is 11.2 Å². The highest BCUT2D eigenvalue weighted by Crippen LogP contribution is 2.54. The van der Waals surface area contributed by atoms with Crippen LogP contribution >= 0.6 is 0 Å². The highest BCUT2D eigenvalue weighted by atomic mass is 16.3. The number of aromatic nitrogens is 2. The van der Waals surface area contributed by atoms with Crippen LogP contribution in [-0.4, -0.2) is 9.97 Å². The molecule has 0 spiro atoms. The summed E-state index contributed by atoms with van der Waals surface area (Å²) in [6.45, 7) is 4.92. The molecule has 10 rings (SSSR count). The maximum atomic E-state index is 9.74. The van der Waals surface area contributed by atoms with Crippen molar-refractivity contribution in [1.29, 1.82) is 5.26 Å². The zero-order chi connectivity index (χ0) is 37.8. The van der Waals surface area contributed by atoms with Crippen LogP contribution < -0.4 is 0 Å². The number of nitrogens with zero attached hydrogens (tertiary/aromatic N) is 3. The molecule has 2 saturated carbocycles. The molecule has 1 unspecified atom stereocenters. The molecule has 2 bridgehead atoms. The molecule has 0 amide bonds. The van der Waals surface area contributed by atoms with Gasteiger partial charge in [0.25, 0.3) is 0 Å². The Morgan fingerprint density at radius 1 is 0.571 bits per heavy atom. The average Bonchev–Trinajstić information content (AvgIpc) is 3.62. The van der Waals surface area contributed by atoms with E-state index in [0.717, 1.165) is 84.5 Å². The number of hydrogen-bond donors (Lipinski definition) is 0. The van der Waals surface area contributed by atoms with Gasteiger partial charge in [0.15, 0.2) is 5.82 Å². The minimum absolute atomic E-state index is 0.274. The molecule has 4 heteroatoms. The van der Waals surface area contributed by atoms with E-state index < -0.39 is 0 Å². The molecule has 0 aliphatic heterocycles. The number of furan rings is 1. The van der Waals surface area contributed by atoms with Gasteiger partial charge in [0, 0.05) is 33.0 Å². The first-order chi connectivity index (χ1) is 27.4. The Kier molecular flexibility index (Phi) is 8.41. The summed E-state index contributed by atoms with van der Waals surface area (Å²) in [7, 11) is 0. The standard InChI is InChI=1S/C52H43N3O/c1-33-22-36-23-34(2)30-52(29-33,31-36)43-20-18-37(19-21-43)40-25-41(44-15-9-16-46-45-14-6-7-17-49(45)56-50(44)46)27-42(26-40)48-28-47(39-13-8-10-35(24-39)32-53)54-51(55-48)38-11-4-3-5-12-38/h3-21,24-28,33-34,36H,22-23,29-31H2,1-2H3/t33-,34+,36-,52?. The van der Waals surface area contributed by atoms with E-state index in [1.54, 1.807) is 0 Å². The van der Waals surface area contributed by atoms with Gasteiger partial charge in [-0.1, -0.05) is 117 Å². The van der Waals surface area contributed by atoms with E-state index >= 15 is 0 Å². The fourth-order valence-electron chi connectivity index (χ4n) is 10.4. The Morgan fingerprint density at radius 2 is 1.23 bits per heavy atom. The van der Waals surface area contributed by atoms with Gasteiger partial charge < -0.3 is 4.42 Å². The Bertz CT molecular complexity index is 2770. The van der Waals surface area contributed by atoms with Crippen LogP contribution in [0.15, 0.2) is 150 Å². The van der Waals surface area contributed by atoms with Crippen molar-refractivity contribution >= 4 is 21.9 Å². The Balaban J connectivity index is 1.16. The first kappa shape index (κ1) is 34.2. The summed E-state index contributed by atoms with van der Waals surface area (Å²) in [5, 5.41) is 12.0. The Morgan fingerprint density at radius 3 is 2.02 bits per heavy atom. The smallest absolute Gasteiger partial charge is 0.160 e. The molecule has 8 aromatic rings. The quantitative estimate of drug-likeness (QED) is 0.171. The van der Waals surface area contributed by atoms with Crippen molar-refractivity contribution in [3.63, 3.8) is 0 Å². The van der Waals surface area contributed by atoms with Crippen LogP contribution in [0.5, 0.6) is 0 Å². The summed E-state index contributed by atoms with van der Waals surface area (Å²) >= 11 is 0. The van der Waals surface area contributed by atoms with Gasteiger partial charge in [-0.3, -0.25) is 0 Å². The number of benzene rings is 6. The van der Waals surface area contributed by atoms with Crippen LogP contribution in [0.2, 0.25) is 0 Å². The fraction of sp³-hybridized carbons (Fsp3) is 0.212. The van der Waals surface area contributed by atoms with Gasteiger partial charge in [-0.05, 0) is 120 Å². The molecule has 2 aliphatic carbocycles. The summed E-state index contributed by atoms with van der Waals surface area (Å²) < 4.78 is 6.59. The van der Waals surface area contributed by atoms with E-state index in [2.05, 4.69) is 98.8 Å². The molecule has 0 N–H and O–H groups in total. The second-order valence-corrected chi connectivity index (χ2v) is 16.6. The van der Waals surface area contributed by atoms with Crippen molar-refractivity contribution in [2.45, 2.75) is 51.4 Å². The number of nitriles is 1. The van der Waals surface area contributed by atoms with Gasteiger partial charge in [0.05, 0.1) is 23.0 Å². The lowest BCUT2D eigenvalue weighted by Gasteiger charge is -2.50. The molecule has 56 heavy (non-hydrogen) atoms. The van der Waals surface area contributed by atoms with Gasteiger partial charge in [-0.2, -0.15) is 5.26 Å². The third kappa shape index (κ3) is 6.18. The van der Waals surface area contributed by atoms with E-state index in [-0.39, 0.29) is 5.41 Å². The van der Waals surface area contributed by atoms with E-state index in [0.29, 0.717) is 11.4 Å². The third-order valence-electron chi connectivity index (χ3n) is 12.4. The normalized spacial score (nSPS) is 20.6. The first-order valence-electron chi connectivity index (χ1n) is 20.0. The van der Waals surface area contributed by atoms with Gasteiger partial charge in [0.2, 0.25) is 0 Å². The second-order valence-electron chi connectivity index (χ2n) is 16.6. The van der Waals surface area contributed by atoms with Crippen molar-refractivity contribution < 1.29 is 4.42 Å². The maximum absolute atomic E-state index is 9.74. The number of fused-ring (bicyclic) bond motifs is 5. The zero-order valence-corrected chi connectivity index (χ0v) is 31.9. The predicted octanol–water partition coefficient (Wildman–Crippen LogP) is 13.7. The first-order valence-corrected chi connectivity index (χ1v) is 20.0. The van der Waals surface area contributed by atoms with Crippen molar-refractivity contribution in [2.75, 3.05) is 0 Å². The summed E-state index contributed by atoms with van der Waals surface area (Å²) in [6, 6.07) is 53.2. The number of para-hydroxylation sites is 2. The molecule has 4 nitrogen and oxygen atoms in total. The van der Waals surface area contributed by atoms with Crippen molar-refractivity contribution in [3.8, 4) is 62.2 Å². The molecule has 2 fully saturated rings. The molecule has 2 aromatic heterocycles. The van der Waals surface area contributed by atoms with E-state index in [4.69, 9.17) is 14.4 Å². The lowest BCUT2D eigenvalue weighted by Crippen LogP contribution is -2.42. The van der Waals surface area contributed by atoms with Crippen LogP contribution in [0.25, 0.3) is 78.1 Å². The summed E-state index contributed by atoms with van der Waals surface area (Å²) in [5.41, 5.74) is 12.9. The third-order valence-corrected chi connectivity index (χ3v) is 12.4. The van der Waals surface area contributed by atoms with E-state index in [1.807, 2.05) is 66.7 Å². The molecule has 6 aromatic carbocycles. The maximum Gasteiger partial charge on any atom is 0.160 e. The average molecular weight is 726 g/mol. The highest BCUT2D eigenvalue weighted by Gasteiger charge is 2.45. The minimum Gasteiger partial charge on any atom is -0.455 e. The minimum atomic E-state index is 0.274. The topological polar surface area (TPSA) is 62.7 Å². The van der Waals surface area contributed by atoms with Gasteiger partial charge >= 0.3 is 0 Å². The summed E-state index contributed by atoms with van der Waals surface area (Å²) in [4.78, 5) is 10.3. The molecular formula is C52H43N3O. The van der Waals surface area contributed by atoms with Crippen molar-refractivity contribution in [3.05, 3.63) is 157 Å². The largest absolute Gasteiger partial charge is 0.455 e. The molecular weight excluding hydrogens is 683 g/mol. The van der Waals surface area contributed by atoms with Crippen molar-refractivity contribution in [1.82, 2.24) is 9.97 Å². The van der Waals surface area contributed by atoms with Crippen LogP contribution in [0, 0.1) is 29.1 Å². The van der Waals surface area contributed by atoms with Crippen LogP contribution in [0.3, 0.4) is 0 Å². The van der Waals surface area contributed by atoms with E-state index in [1.165, 1.54) is 43.2 Å². The predicted molar refractivity (Wildman–Crippen MR) is 228 cm³/mol. The van der Waals surface area contributed by atoms with Crippen LogP contribution in [0.4, 0.5) is 0 Å². The number of hydrogen-bond acceptors (Lipinski definition) is 4. The monoisotopic (exact) mass is 725 g/mol. The summed E-state index contributed by atoms with van der Waals surface area (Å²) in [5.74, 6) is 3.00. The van der Waals surface area contributed by atoms with Gasteiger partial charge in [-0.15, -0.1) is 0 Å². The molecule has 0 radical (unpaired) electrons. The molecule has 2 aliphatic rings. The van der Waals surface area contributed by atoms with Crippen molar-refractivity contribution in [2.24, 2.45) is 17.8 Å². The van der Waals surface area contributed by atoms with Gasteiger partial charge in [-0.25, -0.2) is 9.97 Å². The lowest BCUT2D eigenvalue weighted by atomic mass is 9.54. The highest BCUT2D eigenvalue weighted by molar-refractivity contribution is 6.09. The fourth-order valence-corrected chi connectivity index (χ4v) is 10.4. The molecule has 2 heterocycles. The molecule has 0 saturated heterocycles. The van der Waals surface area contributed by atoms with Crippen LogP contribution in [0.1, 0.15) is 57.1 Å². The lowest BCUT2D eigenvalue weighted by molar-refractivity contribution is 0.0780. The SMILES string of the molecule is C[C@@H]1C[C@@H]2C[C@H](C)CC(c3ccc(-c4cc(-c5cc(-c6cccc(C#N)c6)nc(-c6ccccc6)n5)cc(-c5cccc6c5oc5ccccc56)c4)cc3)(C1)C2. The summed E-state index contributed by atoms with van der Waals surface area (Å²) in [6.07, 6.45) is 6.63. The van der Waals surface area contributed by atoms with E-state index in [9.17, 15) is 5.26 Å². The zero-order valence-electron chi connectivity index (χ0n) is 31.9. The second kappa shape index (κ2) is 13.8. The number of rotatable bonds is 6. The van der Waals surface area contributed by atoms with Crippen LogP contribution in [-0.2, 0) is 5.41 Å². The Hall–Kier alpha value is -6.31. The molecule has 4 atom stereocenters. The molecule has 272 valence electrons.